The molecular weight excluding hydrogens is 351 g/mol. The second-order valence-corrected chi connectivity index (χ2v) is 7.25. The summed E-state index contributed by atoms with van der Waals surface area (Å²) in [5, 5.41) is 0. The van der Waals surface area contributed by atoms with Gasteiger partial charge in [0, 0.05) is 12.8 Å². The summed E-state index contributed by atoms with van der Waals surface area (Å²) in [4.78, 5) is 22.1. The van der Waals surface area contributed by atoms with E-state index in [2.05, 4.69) is 6.92 Å². The Hall–Kier alpha value is -0.480. The van der Waals surface area contributed by atoms with E-state index in [1.807, 2.05) is 0 Å². The largest absolute Gasteiger partial charge is 0.466 e. The second kappa shape index (κ2) is 17.3. The van der Waals surface area contributed by atoms with E-state index in [1.54, 1.807) is 0 Å². The van der Waals surface area contributed by atoms with Gasteiger partial charge in [-0.15, -0.1) is 23.2 Å². The normalized spacial score (nSPS) is 10.8. The summed E-state index contributed by atoms with van der Waals surface area (Å²) in [5.41, 5.74) is 0. The van der Waals surface area contributed by atoms with Crippen LogP contribution in [-0.4, -0.2) is 30.0 Å². The van der Waals surface area contributed by atoms with Gasteiger partial charge in [0.15, 0.2) is 0 Å². The minimum absolute atomic E-state index is 0.00257. The van der Waals surface area contributed by atoms with Crippen molar-refractivity contribution in [1.29, 1.82) is 0 Å². The van der Waals surface area contributed by atoms with Crippen molar-refractivity contribution in [3.63, 3.8) is 0 Å². The fourth-order valence-electron chi connectivity index (χ4n) is 2.26. The average Bonchev–Trinajstić information content (AvgIpc) is 2.55. The monoisotopic (exact) mass is 382 g/mol. The number of hydrogen-bond acceptors (Lipinski definition) is 4. The Morgan fingerprint density at radius 1 is 0.750 bits per heavy atom. The van der Waals surface area contributed by atoms with Crippen molar-refractivity contribution >= 4 is 35.1 Å². The van der Waals surface area contributed by atoms with E-state index in [0.29, 0.717) is 25.9 Å². The zero-order valence-electron chi connectivity index (χ0n) is 14.9. The van der Waals surface area contributed by atoms with Crippen LogP contribution in [0.2, 0.25) is 0 Å². The Bertz CT molecular complexity index is 322. The third-order valence-corrected chi connectivity index (χ3v) is 3.90. The van der Waals surface area contributed by atoms with Gasteiger partial charge in [-0.2, -0.15) is 0 Å². The van der Waals surface area contributed by atoms with Crippen molar-refractivity contribution in [2.75, 3.05) is 13.2 Å². The van der Waals surface area contributed by atoms with Gasteiger partial charge in [-0.05, 0) is 19.3 Å². The number of esters is 2. The predicted molar refractivity (Wildman–Crippen MR) is 98.5 cm³/mol. The van der Waals surface area contributed by atoms with Crippen molar-refractivity contribution in [2.24, 2.45) is 0 Å². The lowest BCUT2D eigenvalue weighted by Gasteiger charge is -2.06. The van der Waals surface area contributed by atoms with E-state index in [0.717, 1.165) is 12.8 Å². The first-order chi connectivity index (χ1) is 11.6. The molecule has 0 bridgehead atoms. The number of carbonyl (C=O) groups excluding carboxylic acids is 2. The number of rotatable bonds is 16. The van der Waals surface area contributed by atoms with Gasteiger partial charge >= 0.3 is 11.9 Å². The average molecular weight is 383 g/mol. The maximum atomic E-state index is 11.5. The minimum atomic E-state index is -0.694. The van der Waals surface area contributed by atoms with Crippen LogP contribution < -0.4 is 0 Å². The summed E-state index contributed by atoms with van der Waals surface area (Å²) in [6.45, 7) is 2.72. The lowest BCUT2D eigenvalue weighted by atomic mass is 10.1. The van der Waals surface area contributed by atoms with Crippen LogP contribution in [0, 0.1) is 0 Å². The molecule has 0 aliphatic rings. The van der Waals surface area contributed by atoms with Crippen LogP contribution in [0.15, 0.2) is 0 Å². The first kappa shape index (κ1) is 23.5. The van der Waals surface area contributed by atoms with E-state index < -0.39 is 4.84 Å². The third-order valence-electron chi connectivity index (χ3n) is 3.64. The third kappa shape index (κ3) is 17.9. The summed E-state index contributed by atoms with van der Waals surface area (Å²) in [6, 6.07) is 0. The van der Waals surface area contributed by atoms with Gasteiger partial charge in [-0.1, -0.05) is 51.9 Å². The van der Waals surface area contributed by atoms with Crippen molar-refractivity contribution < 1.29 is 19.1 Å². The van der Waals surface area contributed by atoms with Crippen LogP contribution in [0.1, 0.15) is 84.0 Å². The summed E-state index contributed by atoms with van der Waals surface area (Å²) < 4.78 is 10.0. The molecule has 0 fully saturated rings. The summed E-state index contributed by atoms with van der Waals surface area (Å²) >= 11 is 10.9. The lowest BCUT2D eigenvalue weighted by molar-refractivity contribution is -0.145. The predicted octanol–water partition coefficient (Wildman–Crippen LogP) is 5.58. The SMILES string of the molecule is CCCCCCCCCCOC(=O)CCCCC(=O)OCC(Cl)Cl. The number of halogens is 2. The number of hydrogen-bond donors (Lipinski definition) is 0. The highest BCUT2D eigenvalue weighted by atomic mass is 35.5. The van der Waals surface area contributed by atoms with E-state index in [9.17, 15) is 9.59 Å². The Balaban J connectivity index is 3.31. The first-order valence-corrected chi connectivity index (χ1v) is 10.0. The second-order valence-electron chi connectivity index (χ2n) is 5.98. The molecule has 0 aromatic carbocycles. The summed E-state index contributed by atoms with van der Waals surface area (Å²) in [6.07, 6.45) is 11.6. The van der Waals surface area contributed by atoms with Crippen LogP contribution in [0.4, 0.5) is 0 Å². The van der Waals surface area contributed by atoms with Crippen LogP contribution in [0.3, 0.4) is 0 Å². The standard InChI is InChI=1S/C18H32Cl2O4/c1-2-3-4-5-6-7-8-11-14-23-17(21)12-9-10-13-18(22)24-15-16(19)20/h16H,2-15H2,1H3. The number of alkyl halides is 2. The summed E-state index contributed by atoms with van der Waals surface area (Å²) in [7, 11) is 0. The molecule has 0 aromatic heterocycles. The highest BCUT2D eigenvalue weighted by Crippen LogP contribution is 2.09. The molecule has 0 aliphatic carbocycles. The topological polar surface area (TPSA) is 52.6 Å². The number of ether oxygens (including phenoxy) is 2. The van der Waals surface area contributed by atoms with Gasteiger partial charge in [-0.3, -0.25) is 9.59 Å². The molecule has 0 saturated carbocycles. The van der Waals surface area contributed by atoms with E-state index in [1.165, 1.54) is 38.5 Å². The molecule has 4 nitrogen and oxygen atoms in total. The quantitative estimate of drug-likeness (QED) is 0.198. The van der Waals surface area contributed by atoms with Crippen molar-refractivity contribution in [1.82, 2.24) is 0 Å². The fourth-order valence-corrected chi connectivity index (χ4v) is 2.39. The van der Waals surface area contributed by atoms with Gasteiger partial charge < -0.3 is 9.47 Å². The fraction of sp³-hybridized carbons (Fsp3) is 0.889. The highest BCUT2D eigenvalue weighted by Gasteiger charge is 2.08. The molecule has 0 heterocycles. The van der Waals surface area contributed by atoms with Gasteiger partial charge in [0.05, 0.1) is 6.61 Å². The number of unbranched alkanes of at least 4 members (excludes halogenated alkanes) is 8. The van der Waals surface area contributed by atoms with Crippen LogP contribution in [0.25, 0.3) is 0 Å². The Kier molecular flexibility index (Phi) is 17.0. The summed E-state index contributed by atoms with van der Waals surface area (Å²) in [5.74, 6) is -0.526. The molecule has 6 heteroatoms. The molecule has 0 radical (unpaired) electrons. The Labute approximate surface area is 156 Å². The molecule has 0 N–H and O–H groups in total. The van der Waals surface area contributed by atoms with Gasteiger partial charge in [0.1, 0.15) is 11.4 Å². The molecule has 0 aromatic rings. The maximum absolute atomic E-state index is 11.5. The molecule has 0 amide bonds. The Morgan fingerprint density at radius 2 is 1.25 bits per heavy atom. The maximum Gasteiger partial charge on any atom is 0.305 e. The molecule has 0 rings (SSSR count). The van der Waals surface area contributed by atoms with Crippen molar-refractivity contribution in [2.45, 2.75) is 88.8 Å². The molecule has 24 heavy (non-hydrogen) atoms. The molecular formula is C18H32Cl2O4. The van der Waals surface area contributed by atoms with Crippen LogP contribution in [-0.2, 0) is 19.1 Å². The van der Waals surface area contributed by atoms with Crippen LogP contribution in [0.5, 0.6) is 0 Å². The van der Waals surface area contributed by atoms with Crippen LogP contribution >= 0.6 is 23.2 Å². The van der Waals surface area contributed by atoms with Crippen molar-refractivity contribution in [3.05, 3.63) is 0 Å². The first-order valence-electron chi connectivity index (χ1n) is 9.15. The molecule has 0 saturated heterocycles. The highest BCUT2D eigenvalue weighted by molar-refractivity contribution is 6.44. The van der Waals surface area contributed by atoms with E-state index in [-0.39, 0.29) is 25.0 Å². The number of carbonyl (C=O) groups is 2. The van der Waals surface area contributed by atoms with E-state index >= 15 is 0 Å². The molecule has 0 spiro atoms. The van der Waals surface area contributed by atoms with E-state index in [4.69, 9.17) is 32.7 Å². The van der Waals surface area contributed by atoms with Gasteiger partial charge in [0.25, 0.3) is 0 Å². The smallest absolute Gasteiger partial charge is 0.305 e. The van der Waals surface area contributed by atoms with Gasteiger partial charge in [-0.25, -0.2) is 0 Å². The van der Waals surface area contributed by atoms with Crippen molar-refractivity contribution in [3.8, 4) is 0 Å². The zero-order valence-corrected chi connectivity index (χ0v) is 16.4. The van der Waals surface area contributed by atoms with Gasteiger partial charge in [0.2, 0.25) is 0 Å². The zero-order chi connectivity index (χ0) is 18.0. The molecule has 142 valence electrons. The molecule has 0 unspecified atom stereocenters. The Morgan fingerprint density at radius 3 is 1.79 bits per heavy atom. The molecule has 0 atom stereocenters. The molecule has 0 aliphatic heterocycles. The lowest BCUT2D eigenvalue weighted by Crippen LogP contribution is -2.10. The minimum Gasteiger partial charge on any atom is -0.466 e.